The third-order valence-corrected chi connectivity index (χ3v) is 4.94. The van der Waals surface area contributed by atoms with Crippen LogP contribution in [0.3, 0.4) is 0 Å². The Hall–Kier alpha value is -1.11. The number of hydrogen-bond acceptors (Lipinski definition) is 4. The van der Waals surface area contributed by atoms with Crippen molar-refractivity contribution in [3.63, 3.8) is 0 Å². The Morgan fingerprint density at radius 3 is 2.52 bits per heavy atom. The maximum atomic E-state index is 11.5. The maximum absolute atomic E-state index is 11.5. The van der Waals surface area contributed by atoms with Gasteiger partial charge in [0.2, 0.25) is 10.0 Å². The van der Waals surface area contributed by atoms with Crippen molar-refractivity contribution in [2.75, 3.05) is 25.6 Å². The van der Waals surface area contributed by atoms with E-state index in [1.54, 1.807) is 0 Å². The highest BCUT2D eigenvalue weighted by Crippen LogP contribution is 2.33. The van der Waals surface area contributed by atoms with Gasteiger partial charge in [-0.25, -0.2) is 13.6 Å². The van der Waals surface area contributed by atoms with E-state index < -0.39 is 15.4 Å². The number of nitrogens with two attached hydrogens (primary N) is 1. The molecular weight excluding hydrogens is 290 g/mol. The molecule has 118 valence electrons. The highest BCUT2D eigenvalue weighted by atomic mass is 32.2. The van der Waals surface area contributed by atoms with Gasteiger partial charge in [0.15, 0.2) is 0 Å². The summed E-state index contributed by atoms with van der Waals surface area (Å²) in [6, 6.07) is 5.96. The van der Waals surface area contributed by atoms with Gasteiger partial charge < -0.3 is 9.47 Å². The lowest BCUT2D eigenvalue weighted by atomic mass is 9.83. The molecule has 0 saturated carbocycles. The summed E-state index contributed by atoms with van der Waals surface area (Å²) in [7, 11) is -3.54. The summed E-state index contributed by atoms with van der Waals surface area (Å²) in [6.45, 7) is 5.45. The van der Waals surface area contributed by atoms with Gasteiger partial charge in [-0.1, -0.05) is 17.7 Å². The summed E-state index contributed by atoms with van der Waals surface area (Å²) in [5.41, 5.74) is 1.77. The summed E-state index contributed by atoms with van der Waals surface area (Å²) >= 11 is 0. The molecule has 1 heterocycles. The smallest absolute Gasteiger partial charge is 0.209 e. The van der Waals surface area contributed by atoms with E-state index in [2.05, 4.69) is 0 Å². The Kier molecular flexibility index (Phi) is 4.91. The molecule has 5 nitrogen and oxygen atoms in total. The minimum absolute atomic E-state index is 0.0612. The van der Waals surface area contributed by atoms with Gasteiger partial charge in [0, 0.05) is 18.6 Å². The van der Waals surface area contributed by atoms with E-state index in [0.29, 0.717) is 32.7 Å². The van der Waals surface area contributed by atoms with Crippen molar-refractivity contribution in [3.8, 4) is 5.75 Å². The van der Waals surface area contributed by atoms with Crippen molar-refractivity contribution in [2.24, 2.45) is 10.6 Å². The van der Waals surface area contributed by atoms with Crippen molar-refractivity contribution in [3.05, 3.63) is 29.3 Å². The first-order chi connectivity index (χ1) is 9.80. The first-order valence-electron chi connectivity index (χ1n) is 7.08. The fourth-order valence-electron chi connectivity index (χ4n) is 2.75. The molecular formula is C15H23NO4S. The number of primary sulfonamides is 1. The number of ether oxygens (including phenoxy) is 2. The second-order valence-electron chi connectivity index (χ2n) is 5.98. The van der Waals surface area contributed by atoms with Gasteiger partial charge in [-0.15, -0.1) is 0 Å². The fourth-order valence-corrected chi connectivity index (χ4v) is 3.98. The lowest BCUT2D eigenvalue weighted by molar-refractivity contribution is 0.00198. The average Bonchev–Trinajstić information content (AvgIpc) is 2.37. The highest BCUT2D eigenvalue weighted by molar-refractivity contribution is 7.89. The molecule has 1 fully saturated rings. The Labute approximate surface area is 126 Å². The molecule has 0 unspecified atom stereocenters. The zero-order valence-electron chi connectivity index (χ0n) is 12.6. The van der Waals surface area contributed by atoms with Gasteiger partial charge in [0.1, 0.15) is 5.75 Å². The standard InChI is InChI=1S/C15H23NO4S/c1-12-3-4-14(13(2)9-12)20-10-15(11-21(16,17)18)5-7-19-8-6-15/h3-4,9H,5-8,10-11H2,1-2H3,(H2,16,17,18). The lowest BCUT2D eigenvalue weighted by Gasteiger charge is -2.36. The molecule has 1 aliphatic rings. The minimum atomic E-state index is -3.54. The maximum Gasteiger partial charge on any atom is 0.209 e. The normalized spacial score (nSPS) is 18.4. The molecule has 1 aromatic rings. The van der Waals surface area contributed by atoms with E-state index in [1.807, 2.05) is 32.0 Å². The van der Waals surface area contributed by atoms with E-state index in [0.717, 1.165) is 11.3 Å². The first kappa shape index (κ1) is 16.3. The summed E-state index contributed by atoms with van der Waals surface area (Å²) < 4.78 is 34.3. The number of sulfonamides is 1. The van der Waals surface area contributed by atoms with Crippen LogP contribution in [0.5, 0.6) is 5.75 Å². The van der Waals surface area contributed by atoms with Crippen LogP contribution >= 0.6 is 0 Å². The van der Waals surface area contributed by atoms with Crippen LogP contribution in [0.1, 0.15) is 24.0 Å². The second kappa shape index (κ2) is 6.34. The third kappa shape index (κ3) is 4.69. The van der Waals surface area contributed by atoms with Gasteiger partial charge in [-0.05, 0) is 38.3 Å². The van der Waals surface area contributed by atoms with Gasteiger partial charge >= 0.3 is 0 Å². The number of hydrogen-bond donors (Lipinski definition) is 1. The van der Waals surface area contributed by atoms with Crippen LogP contribution in [0.2, 0.25) is 0 Å². The van der Waals surface area contributed by atoms with Gasteiger partial charge in [0.25, 0.3) is 0 Å². The topological polar surface area (TPSA) is 78.6 Å². The zero-order valence-corrected chi connectivity index (χ0v) is 13.4. The first-order valence-corrected chi connectivity index (χ1v) is 8.80. The molecule has 2 rings (SSSR count). The van der Waals surface area contributed by atoms with Crippen molar-refractivity contribution in [1.82, 2.24) is 0 Å². The van der Waals surface area contributed by atoms with Crippen molar-refractivity contribution in [2.45, 2.75) is 26.7 Å². The molecule has 0 aliphatic carbocycles. The Morgan fingerprint density at radius 1 is 1.29 bits per heavy atom. The quantitative estimate of drug-likeness (QED) is 0.898. The summed E-state index contributed by atoms with van der Waals surface area (Å²) in [5.74, 6) is 0.731. The zero-order chi connectivity index (χ0) is 15.5. The SMILES string of the molecule is Cc1ccc(OCC2(CS(N)(=O)=O)CCOCC2)c(C)c1. The van der Waals surface area contributed by atoms with Crippen LogP contribution in [-0.4, -0.2) is 34.0 Å². The Bertz CT molecular complexity index is 592. The summed E-state index contributed by atoms with van der Waals surface area (Å²) in [4.78, 5) is 0. The average molecular weight is 313 g/mol. The van der Waals surface area contributed by atoms with Gasteiger partial charge in [-0.3, -0.25) is 0 Å². The van der Waals surface area contributed by atoms with E-state index in [1.165, 1.54) is 5.56 Å². The minimum Gasteiger partial charge on any atom is -0.493 e. The molecule has 0 amide bonds. The van der Waals surface area contributed by atoms with Crippen molar-refractivity contribution < 1.29 is 17.9 Å². The van der Waals surface area contributed by atoms with Crippen molar-refractivity contribution >= 4 is 10.0 Å². The highest BCUT2D eigenvalue weighted by Gasteiger charge is 2.37. The predicted molar refractivity (Wildman–Crippen MR) is 81.9 cm³/mol. The molecule has 0 bridgehead atoms. The van der Waals surface area contributed by atoms with Crippen LogP contribution in [0.15, 0.2) is 18.2 Å². The molecule has 0 radical (unpaired) electrons. The Balaban J connectivity index is 2.12. The van der Waals surface area contributed by atoms with Gasteiger partial charge in [-0.2, -0.15) is 0 Å². The van der Waals surface area contributed by atoms with Crippen molar-refractivity contribution in [1.29, 1.82) is 0 Å². The van der Waals surface area contributed by atoms with E-state index in [4.69, 9.17) is 14.6 Å². The molecule has 2 N–H and O–H groups in total. The van der Waals surface area contributed by atoms with Crippen LogP contribution in [0.4, 0.5) is 0 Å². The van der Waals surface area contributed by atoms with Crippen LogP contribution < -0.4 is 9.88 Å². The molecule has 1 aliphatic heterocycles. The predicted octanol–water partition coefficient (Wildman–Crippen LogP) is 1.77. The van der Waals surface area contributed by atoms with Crippen LogP contribution in [-0.2, 0) is 14.8 Å². The van der Waals surface area contributed by atoms with E-state index in [9.17, 15) is 8.42 Å². The molecule has 0 aromatic heterocycles. The molecule has 1 saturated heterocycles. The Morgan fingerprint density at radius 2 is 1.95 bits per heavy atom. The monoisotopic (exact) mass is 313 g/mol. The largest absolute Gasteiger partial charge is 0.493 e. The molecule has 1 aromatic carbocycles. The molecule has 6 heteroatoms. The number of aryl methyl sites for hydroxylation is 2. The second-order valence-corrected chi connectivity index (χ2v) is 7.59. The fraction of sp³-hybridized carbons (Fsp3) is 0.600. The third-order valence-electron chi connectivity index (χ3n) is 3.93. The van der Waals surface area contributed by atoms with E-state index >= 15 is 0 Å². The summed E-state index contributed by atoms with van der Waals surface area (Å²) in [6.07, 6.45) is 1.29. The number of benzene rings is 1. The van der Waals surface area contributed by atoms with Crippen LogP contribution in [0.25, 0.3) is 0 Å². The summed E-state index contributed by atoms with van der Waals surface area (Å²) in [5, 5.41) is 5.25. The lowest BCUT2D eigenvalue weighted by Crippen LogP contribution is -2.42. The van der Waals surface area contributed by atoms with Crippen LogP contribution in [0, 0.1) is 19.3 Å². The number of rotatable bonds is 5. The van der Waals surface area contributed by atoms with E-state index in [-0.39, 0.29) is 5.75 Å². The van der Waals surface area contributed by atoms with Gasteiger partial charge in [0.05, 0.1) is 12.4 Å². The molecule has 0 spiro atoms. The molecule has 21 heavy (non-hydrogen) atoms. The molecule has 0 atom stereocenters.